The fourth-order valence-corrected chi connectivity index (χ4v) is 5.22. The molecule has 2 amide bonds. The van der Waals surface area contributed by atoms with E-state index in [1.165, 1.54) is 11.9 Å². The molecule has 41 heavy (non-hydrogen) atoms. The Morgan fingerprint density at radius 3 is 2.54 bits per heavy atom. The van der Waals surface area contributed by atoms with Crippen molar-refractivity contribution >= 4 is 28.9 Å². The van der Waals surface area contributed by atoms with E-state index < -0.39 is 11.5 Å². The number of primary amides is 1. The number of hydrogen-bond donors (Lipinski definition) is 2. The van der Waals surface area contributed by atoms with Crippen LogP contribution in [0, 0.1) is 0 Å². The lowest BCUT2D eigenvalue weighted by molar-refractivity contribution is 0.0252. The molecular weight excluding hydrogens is 522 g/mol. The van der Waals surface area contributed by atoms with Gasteiger partial charge in [0.1, 0.15) is 23.0 Å². The van der Waals surface area contributed by atoms with Crippen LogP contribution < -0.4 is 11.1 Å². The Bertz CT molecular complexity index is 1380. The molecule has 2 fully saturated rings. The van der Waals surface area contributed by atoms with Crippen LogP contribution in [-0.2, 0) is 16.0 Å². The molecule has 0 radical (unpaired) electrons. The van der Waals surface area contributed by atoms with E-state index in [1.807, 2.05) is 32.9 Å². The van der Waals surface area contributed by atoms with E-state index in [1.54, 1.807) is 11.0 Å². The number of nitrogens with zero attached hydrogens (tertiary/aromatic N) is 5. The Morgan fingerprint density at radius 2 is 1.83 bits per heavy atom. The van der Waals surface area contributed by atoms with E-state index in [9.17, 15) is 9.59 Å². The molecule has 1 aromatic carbocycles. The average molecular weight is 562 g/mol. The van der Waals surface area contributed by atoms with Gasteiger partial charge in [0.2, 0.25) is 0 Å². The molecule has 3 N–H and O–H groups in total. The minimum atomic E-state index is -0.585. The van der Waals surface area contributed by atoms with Gasteiger partial charge in [-0.2, -0.15) is 0 Å². The lowest BCUT2D eigenvalue weighted by atomic mass is 10.0. The summed E-state index contributed by atoms with van der Waals surface area (Å²) in [5, 5.41) is 3.48. The molecule has 2 saturated heterocycles. The van der Waals surface area contributed by atoms with Gasteiger partial charge in [0, 0.05) is 44.3 Å². The molecule has 3 aromatic rings. The summed E-state index contributed by atoms with van der Waals surface area (Å²) in [4.78, 5) is 43.2. The highest BCUT2D eigenvalue weighted by molar-refractivity contribution is 6.06. The van der Waals surface area contributed by atoms with Crippen molar-refractivity contribution in [3.63, 3.8) is 0 Å². The number of anilines is 1. The first-order valence-corrected chi connectivity index (χ1v) is 14.3. The fourth-order valence-electron chi connectivity index (χ4n) is 5.22. The van der Waals surface area contributed by atoms with Gasteiger partial charge in [0.15, 0.2) is 5.82 Å². The Labute approximate surface area is 240 Å². The van der Waals surface area contributed by atoms with Crippen molar-refractivity contribution in [2.75, 3.05) is 44.7 Å². The van der Waals surface area contributed by atoms with E-state index in [-0.39, 0.29) is 17.7 Å². The fraction of sp³-hybridized carbons (Fsp3) is 0.500. The van der Waals surface area contributed by atoms with E-state index in [4.69, 9.17) is 20.2 Å². The van der Waals surface area contributed by atoms with Gasteiger partial charge in [-0.15, -0.1) is 0 Å². The summed E-state index contributed by atoms with van der Waals surface area (Å²) in [5.74, 6) is -0.0860. The maximum atomic E-state index is 12.8. The third kappa shape index (κ3) is 7.28. The van der Waals surface area contributed by atoms with Crippen LogP contribution in [0.4, 0.5) is 10.6 Å². The highest BCUT2D eigenvalue weighted by Crippen LogP contribution is 2.28. The van der Waals surface area contributed by atoms with Crippen LogP contribution in [0.15, 0.2) is 36.7 Å². The van der Waals surface area contributed by atoms with E-state index in [0.29, 0.717) is 35.6 Å². The summed E-state index contributed by atoms with van der Waals surface area (Å²) < 4.78 is 11.1. The van der Waals surface area contributed by atoms with Crippen molar-refractivity contribution in [1.29, 1.82) is 0 Å². The van der Waals surface area contributed by atoms with Crippen LogP contribution >= 0.6 is 0 Å². The van der Waals surface area contributed by atoms with Crippen molar-refractivity contribution in [3.8, 4) is 11.3 Å². The summed E-state index contributed by atoms with van der Waals surface area (Å²) in [6.45, 7) is 10.9. The van der Waals surface area contributed by atoms with Gasteiger partial charge < -0.3 is 25.4 Å². The number of hydrogen-bond acceptors (Lipinski definition) is 9. The topological polar surface area (TPSA) is 136 Å². The number of amides is 2. The monoisotopic (exact) mass is 561 g/mol. The summed E-state index contributed by atoms with van der Waals surface area (Å²) in [7, 11) is 0. The van der Waals surface area contributed by atoms with Crippen molar-refractivity contribution < 1.29 is 19.1 Å². The molecule has 1 atom stereocenters. The number of aromatic nitrogens is 3. The zero-order valence-electron chi connectivity index (χ0n) is 24.1. The molecule has 4 heterocycles. The number of nitrogens with two attached hydrogens (primary N) is 1. The Morgan fingerprint density at radius 1 is 1.07 bits per heavy atom. The molecule has 0 bridgehead atoms. The smallest absolute Gasteiger partial charge is 0.410 e. The molecule has 0 spiro atoms. The highest BCUT2D eigenvalue weighted by atomic mass is 16.6. The number of ether oxygens (including phenoxy) is 2. The Kier molecular flexibility index (Phi) is 8.65. The van der Waals surface area contributed by atoms with Gasteiger partial charge in [0.25, 0.3) is 5.91 Å². The minimum absolute atomic E-state index is 0.0786. The largest absolute Gasteiger partial charge is 0.444 e. The first-order chi connectivity index (χ1) is 19.7. The lowest BCUT2D eigenvalue weighted by Crippen LogP contribution is -2.42. The quantitative estimate of drug-likeness (QED) is 0.460. The maximum Gasteiger partial charge on any atom is 0.410 e. The zero-order valence-corrected chi connectivity index (χ0v) is 24.1. The summed E-state index contributed by atoms with van der Waals surface area (Å²) in [5.41, 5.74) is 9.02. The standard InChI is InChI=1S/C30H39N7O4/c1-30(2,3)41-29(39)37-11-5-4-6-22(18-37)34-28-26-25(32-19-33-28)23(27(31)38)16-24(35-26)21-9-7-20(8-10-21)17-36-12-14-40-15-13-36/h7-10,16,19,22H,4-6,11-15,17-18H2,1-3H3,(H2,31,38)(H,32,33,34). The predicted octanol–water partition coefficient (Wildman–Crippen LogP) is 3.82. The molecule has 2 aliphatic heterocycles. The average Bonchev–Trinajstić information content (AvgIpc) is 3.18. The van der Waals surface area contributed by atoms with Crippen molar-refractivity contribution in [3.05, 3.63) is 47.8 Å². The minimum Gasteiger partial charge on any atom is -0.444 e. The molecular formula is C30H39N7O4. The number of benzene rings is 1. The van der Waals surface area contributed by atoms with Gasteiger partial charge >= 0.3 is 6.09 Å². The second-order valence-corrected chi connectivity index (χ2v) is 11.7. The molecule has 218 valence electrons. The van der Waals surface area contributed by atoms with Crippen molar-refractivity contribution in [1.82, 2.24) is 24.8 Å². The first-order valence-electron chi connectivity index (χ1n) is 14.3. The molecule has 11 heteroatoms. The molecule has 0 saturated carbocycles. The Balaban J connectivity index is 1.41. The van der Waals surface area contributed by atoms with Crippen LogP contribution in [0.3, 0.4) is 0 Å². The number of fused-ring (bicyclic) bond motifs is 1. The van der Waals surface area contributed by atoms with E-state index >= 15 is 0 Å². The number of likely N-dealkylation sites (tertiary alicyclic amines) is 1. The number of pyridine rings is 1. The predicted molar refractivity (Wildman–Crippen MR) is 156 cm³/mol. The van der Waals surface area contributed by atoms with Crippen LogP contribution in [-0.4, -0.2) is 87.8 Å². The second kappa shape index (κ2) is 12.4. The summed E-state index contributed by atoms with van der Waals surface area (Å²) >= 11 is 0. The zero-order chi connectivity index (χ0) is 29.0. The van der Waals surface area contributed by atoms with Gasteiger partial charge in [-0.25, -0.2) is 19.7 Å². The number of morpholine rings is 1. The molecule has 1 unspecified atom stereocenters. The van der Waals surface area contributed by atoms with Crippen LogP contribution in [0.5, 0.6) is 0 Å². The summed E-state index contributed by atoms with van der Waals surface area (Å²) in [6.07, 6.45) is 3.76. The second-order valence-electron chi connectivity index (χ2n) is 11.7. The number of nitrogens with one attached hydrogen (secondary N) is 1. The maximum absolute atomic E-state index is 12.8. The molecule has 0 aliphatic carbocycles. The summed E-state index contributed by atoms with van der Waals surface area (Å²) in [6, 6.07) is 9.79. The molecule has 2 aromatic heterocycles. The van der Waals surface area contributed by atoms with Crippen LogP contribution in [0.1, 0.15) is 56.0 Å². The molecule has 11 nitrogen and oxygen atoms in total. The van der Waals surface area contributed by atoms with Gasteiger partial charge in [-0.3, -0.25) is 9.69 Å². The van der Waals surface area contributed by atoms with Gasteiger partial charge in [0.05, 0.1) is 24.5 Å². The Hall–Kier alpha value is -3.83. The van der Waals surface area contributed by atoms with Crippen LogP contribution in [0.2, 0.25) is 0 Å². The first kappa shape index (κ1) is 28.7. The number of rotatable bonds is 6. The van der Waals surface area contributed by atoms with Crippen molar-refractivity contribution in [2.24, 2.45) is 5.73 Å². The van der Waals surface area contributed by atoms with Crippen molar-refractivity contribution in [2.45, 2.75) is 58.2 Å². The molecule has 5 rings (SSSR count). The van der Waals surface area contributed by atoms with Crippen LogP contribution in [0.25, 0.3) is 22.3 Å². The number of carbonyl (C=O) groups is 2. The lowest BCUT2D eigenvalue weighted by Gasteiger charge is -2.28. The van der Waals surface area contributed by atoms with E-state index in [2.05, 4.69) is 32.3 Å². The van der Waals surface area contributed by atoms with Gasteiger partial charge in [-0.1, -0.05) is 24.3 Å². The third-order valence-corrected chi connectivity index (χ3v) is 7.28. The number of carbonyl (C=O) groups excluding carboxylic acids is 2. The van der Waals surface area contributed by atoms with Gasteiger partial charge in [-0.05, 0) is 51.7 Å². The third-order valence-electron chi connectivity index (χ3n) is 7.28. The molecule has 2 aliphatic rings. The normalized spacial score (nSPS) is 18.6. The SMILES string of the molecule is CC(C)(C)OC(=O)N1CCCCC(Nc2ncnc3c(C(N)=O)cc(-c4ccc(CN5CCOCC5)cc4)nc23)C1. The highest BCUT2D eigenvalue weighted by Gasteiger charge is 2.27. The van der Waals surface area contributed by atoms with E-state index in [0.717, 1.165) is 57.7 Å².